The molecule has 2 N–H and O–H groups in total. The van der Waals surface area contributed by atoms with Crippen LogP contribution in [0.1, 0.15) is 46.1 Å². The largest absolute Gasteiger partial charge is 0.507 e. The molecule has 1 saturated heterocycles. The van der Waals surface area contributed by atoms with Gasteiger partial charge in [-0.2, -0.15) is 5.10 Å². The molecule has 2 bridgehead atoms. The molecule has 24 heavy (non-hydrogen) atoms. The van der Waals surface area contributed by atoms with Crippen LogP contribution >= 0.6 is 0 Å². The van der Waals surface area contributed by atoms with E-state index in [9.17, 15) is 14.7 Å². The first kappa shape index (κ1) is 16.5. The Balaban J connectivity index is 1.85. The van der Waals surface area contributed by atoms with Crippen molar-refractivity contribution in [2.24, 2.45) is 15.9 Å². The molecule has 0 radical (unpaired) electrons. The number of nitrogens with one attached hydrogen (secondary N) is 1. The highest BCUT2D eigenvalue weighted by atomic mass is 16.6. The number of carbonyl (C=O) groups excluding carboxylic acids is 2. The molecule has 1 amide bonds. The Labute approximate surface area is 140 Å². The zero-order valence-corrected chi connectivity index (χ0v) is 14.3. The number of hydrazone groups is 1. The van der Waals surface area contributed by atoms with Crippen molar-refractivity contribution in [3.63, 3.8) is 0 Å². The van der Waals surface area contributed by atoms with E-state index in [0.29, 0.717) is 24.1 Å². The summed E-state index contributed by atoms with van der Waals surface area (Å²) in [4.78, 5) is 25.0. The number of carbonyl (C=O) groups is 2. The number of phenolic OH excluding ortho intramolecular Hbond substituents is 1. The second-order valence-corrected chi connectivity index (χ2v) is 7.33. The molecule has 1 heterocycles. The Morgan fingerprint density at radius 2 is 1.92 bits per heavy atom. The van der Waals surface area contributed by atoms with Crippen LogP contribution in [0.25, 0.3) is 0 Å². The van der Waals surface area contributed by atoms with Gasteiger partial charge in [0.2, 0.25) is 0 Å². The van der Waals surface area contributed by atoms with E-state index in [0.717, 1.165) is 0 Å². The van der Waals surface area contributed by atoms with Crippen molar-refractivity contribution in [2.75, 3.05) is 0 Å². The third-order valence-corrected chi connectivity index (χ3v) is 6.07. The van der Waals surface area contributed by atoms with E-state index in [1.807, 2.05) is 20.8 Å². The molecular formula is C18H22N2O4. The van der Waals surface area contributed by atoms with Gasteiger partial charge in [-0.05, 0) is 38.8 Å². The third kappa shape index (κ3) is 1.92. The molecule has 2 aliphatic rings. The van der Waals surface area contributed by atoms with Crippen molar-refractivity contribution in [3.05, 3.63) is 29.8 Å². The Morgan fingerprint density at radius 3 is 2.46 bits per heavy atom. The minimum absolute atomic E-state index is 0.0900. The van der Waals surface area contributed by atoms with E-state index < -0.39 is 22.3 Å². The van der Waals surface area contributed by atoms with Crippen LogP contribution in [0.3, 0.4) is 0 Å². The number of amides is 1. The smallest absolute Gasteiger partial charge is 0.313 e. The van der Waals surface area contributed by atoms with Gasteiger partial charge in [0.15, 0.2) is 5.60 Å². The van der Waals surface area contributed by atoms with Gasteiger partial charge in [0.25, 0.3) is 5.91 Å². The number of phenols is 1. The molecular weight excluding hydrogens is 308 g/mol. The fourth-order valence-corrected chi connectivity index (χ4v) is 3.81. The first-order chi connectivity index (χ1) is 11.2. The normalized spacial score (nSPS) is 31.0. The minimum atomic E-state index is -1.19. The van der Waals surface area contributed by atoms with Gasteiger partial charge in [-0.25, -0.2) is 5.43 Å². The molecule has 0 spiro atoms. The fourth-order valence-electron chi connectivity index (χ4n) is 3.81. The number of esters is 1. The van der Waals surface area contributed by atoms with Gasteiger partial charge in [-0.3, -0.25) is 9.59 Å². The predicted molar refractivity (Wildman–Crippen MR) is 88.4 cm³/mol. The van der Waals surface area contributed by atoms with Gasteiger partial charge in [-0.15, -0.1) is 0 Å². The number of hydrogen-bond acceptors (Lipinski definition) is 5. The lowest BCUT2D eigenvalue weighted by atomic mass is 9.66. The van der Waals surface area contributed by atoms with Gasteiger partial charge < -0.3 is 9.84 Å². The highest BCUT2D eigenvalue weighted by molar-refractivity contribution is 6.02. The van der Waals surface area contributed by atoms with Crippen LogP contribution in [-0.2, 0) is 14.3 Å². The van der Waals surface area contributed by atoms with Crippen LogP contribution in [0.15, 0.2) is 29.4 Å². The minimum Gasteiger partial charge on any atom is -0.507 e. The van der Waals surface area contributed by atoms with E-state index in [1.54, 1.807) is 31.2 Å². The molecule has 1 saturated carbocycles. The number of hydrogen-bond donors (Lipinski definition) is 2. The van der Waals surface area contributed by atoms with Crippen LogP contribution in [-0.4, -0.2) is 28.3 Å². The lowest BCUT2D eigenvalue weighted by Crippen LogP contribution is -2.52. The first-order valence-corrected chi connectivity index (χ1v) is 8.02. The molecule has 6 heteroatoms. The van der Waals surface area contributed by atoms with Gasteiger partial charge in [0.1, 0.15) is 5.75 Å². The fraction of sp³-hybridized carbons (Fsp3) is 0.500. The van der Waals surface area contributed by atoms with Crippen molar-refractivity contribution < 1.29 is 19.4 Å². The SMILES string of the molecule is C/C(=N\NC(=O)[C@]12CC[C@](C)(C(=O)O1)C2(C)C)c1ccccc1O. The molecule has 128 valence electrons. The number of aromatic hydroxyl groups is 1. The third-order valence-electron chi connectivity index (χ3n) is 6.07. The van der Waals surface area contributed by atoms with Crippen molar-refractivity contribution in [3.8, 4) is 5.75 Å². The first-order valence-electron chi connectivity index (χ1n) is 8.02. The van der Waals surface area contributed by atoms with E-state index in [2.05, 4.69) is 10.5 Å². The van der Waals surface area contributed by atoms with Crippen molar-refractivity contribution in [2.45, 2.75) is 46.1 Å². The molecule has 6 nitrogen and oxygen atoms in total. The molecule has 1 aromatic carbocycles. The van der Waals surface area contributed by atoms with Crippen LogP contribution in [0.4, 0.5) is 0 Å². The molecule has 2 atom stereocenters. The van der Waals surface area contributed by atoms with E-state index in [4.69, 9.17) is 4.74 Å². The number of rotatable bonds is 3. The van der Waals surface area contributed by atoms with Crippen LogP contribution in [0.2, 0.25) is 0 Å². The maximum atomic E-state index is 12.8. The summed E-state index contributed by atoms with van der Waals surface area (Å²) in [6.45, 7) is 7.33. The second kappa shape index (κ2) is 5.06. The summed E-state index contributed by atoms with van der Waals surface area (Å²) in [6, 6.07) is 6.76. The highest BCUT2D eigenvalue weighted by Crippen LogP contribution is 2.65. The summed E-state index contributed by atoms with van der Waals surface area (Å²) < 4.78 is 5.52. The zero-order valence-electron chi connectivity index (χ0n) is 14.3. The summed E-state index contributed by atoms with van der Waals surface area (Å²) >= 11 is 0. The number of nitrogens with zero attached hydrogens (tertiary/aromatic N) is 1. The predicted octanol–water partition coefficient (Wildman–Crippen LogP) is 2.35. The summed E-state index contributed by atoms with van der Waals surface area (Å²) in [5.74, 6) is -0.653. The van der Waals surface area contributed by atoms with Crippen LogP contribution in [0.5, 0.6) is 5.75 Å². The Morgan fingerprint density at radius 1 is 1.25 bits per heavy atom. The number of fused-ring (bicyclic) bond motifs is 2. The van der Waals surface area contributed by atoms with E-state index in [-0.39, 0.29) is 11.7 Å². The second-order valence-electron chi connectivity index (χ2n) is 7.33. The van der Waals surface area contributed by atoms with Crippen molar-refractivity contribution in [1.82, 2.24) is 5.43 Å². The van der Waals surface area contributed by atoms with Crippen LogP contribution < -0.4 is 5.43 Å². The average molecular weight is 330 g/mol. The topological polar surface area (TPSA) is 88.0 Å². The van der Waals surface area contributed by atoms with Crippen molar-refractivity contribution >= 4 is 17.6 Å². The molecule has 3 rings (SSSR count). The average Bonchev–Trinajstić information content (AvgIpc) is 2.83. The van der Waals surface area contributed by atoms with Gasteiger partial charge >= 0.3 is 5.97 Å². The zero-order chi connectivity index (χ0) is 17.8. The summed E-state index contributed by atoms with van der Waals surface area (Å²) in [5.41, 5.74) is 1.08. The molecule has 0 aromatic heterocycles. The van der Waals surface area contributed by atoms with Crippen molar-refractivity contribution in [1.29, 1.82) is 0 Å². The summed E-state index contributed by atoms with van der Waals surface area (Å²) in [7, 11) is 0. The Hall–Kier alpha value is -2.37. The summed E-state index contributed by atoms with van der Waals surface area (Å²) in [5, 5.41) is 13.9. The lowest BCUT2D eigenvalue weighted by molar-refractivity contribution is -0.168. The van der Waals surface area contributed by atoms with E-state index in [1.165, 1.54) is 0 Å². The molecule has 2 fully saturated rings. The summed E-state index contributed by atoms with van der Waals surface area (Å²) in [6.07, 6.45) is 1.10. The maximum absolute atomic E-state index is 12.8. The number of para-hydroxylation sites is 1. The van der Waals surface area contributed by atoms with Crippen LogP contribution in [0, 0.1) is 10.8 Å². The lowest BCUT2D eigenvalue weighted by Gasteiger charge is -2.34. The molecule has 0 unspecified atom stereocenters. The standard InChI is InChI=1S/C18H22N2O4/c1-11(12-7-5-6-8-13(12)21)19-20-14(22)18-10-9-17(4,15(23)24-18)16(18,2)3/h5-8,21H,9-10H2,1-4H3,(H,20,22)/b19-11+/t17-,18+/m1/s1. The quantitative estimate of drug-likeness (QED) is 0.506. The maximum Gasteiger partial charge on any atom is 0.313 e. The van der Waals surface area contributed by atoms with E-state index >= 15 is 0 Å². The highest BCUT2D eigenvalue weighted by Gasteiger charge is 2.75. The monoisotopic (exact) mass is 330 g/mol. The molecule has 1 aromatic rings. The van der Waals surface area contributed by atoms with Gasteiger partial charge in [0.05, 0.1) is 11.1 Å². The van der Waals surface area contributed by atoms with Gasteiger partial charge in [-0.1, -0.05) is 26.0 Å². The molecule has 1 aliphatic heterocycles. The van der Waals surface area contributed by atoms with Gasteiger partial charge in [0, 0.05) is 11.0 Å². The Bertz CT molecular complexity index is 755. The molecule has 1 aliphatic carbocycles. The number of ether oxygens (including phenoxy) is 1. The Kier molecular flexibility index (Phi) is 3.48. The number of benzene rings is 1.